The van der Waals surface area contributed by atoms with Gasteiger partial charge < -0.3 is 15.5 Å². The Morgan fingerprint density at radius 1 is 1.19 bits per heavy atom. The highest BCUT2D eigenvalue weighted by atomic mass is 35.5. The van der Waals surface area contributed by atoms with Crippen molar-refractivity contribution in [2.75, 3.05) is 5.73 Å². The quantitative estimate of drug-likeness (QED) is 0.499. The van der Waals surface area contributed by atoms with Crippen molar-refractivity contribution in [3.05, 3.63) is 61.3 Å². The van der Waals surface area contributed by atoms with Crippen LogP contribution in [0.5, 0.6) is 0 Å². The van der Waals surface area contributed by atoms with Gasteiger partial charge in [0, 0.05) is 0 Å². The molecule has 1 aromatic carbocycles. The first-order valence-corrected chi connectivity index (χ1v) is 8.43. The molecule has 3 N–H and O–H groups in total. The summed E-state index contributed by atoms with van der Waals surface area (Å²) in [4.78, 5) is 35.2. The molecule has 3 rings (SSSR count). The van der Waals surface area contributed by atoms with E-state index >= 15 is 0 Å². The zero-order chi connectivity index (χ0) is 19.0. The van der Waals surface area contributed by atoms with Crippen molar-refractivity contribution in [1.29, 1.82) is 0 Å². The van der Waals surface area contributed by atoms with E-state index in [9.17, 15) is 9.59 Å². The standard InChI is InChI=1S/C16H11Cl3N4O3/c1-6(14-21-8-5-3-2-4-7(8)15(24)23-14)26-16(25)12-9(17)11(20)10(18)13(19)22-12/h2-6H,1H3,(H2,20,22)(H,21,23,24)/t6-/m1/s1. The summed E-state index contributed by atoms with van der Waals surface area (Å²) in [5.41, 5.74) is 5.46. The Hall–Kier alpha value is -2.35. The SMILES string of the molecule is C[C@@H](OC(=O)c1nc(Cl)c(Cl)c(N)c1Cl)c1nc2ccccc2c(=O)[nH]1. The lowest BCUT2D eigenvalue weighted by atomic mass is 10.2. The Morgan fingerprint density at radius 2 is 1.88 bits per heavy atom. The number of ether oxygens (including phenoxy) is 1. The number of carbonyl (C=O) groups is 1. The maximum Gasteiger partial charge on any atom is 0.359 e. The van der Waals surface area contributed by atoms with Crippen LogP contribution in [0.3, 0.4) is 0 Å². The van der Waals surface area contributed by atoms with Crippen LogP contribution in [0.2, 0.25) is 15.2 Å². The molecule has 0 radical (unpaired) electrons. The second kappa shape index (κ2) is 7.11. The minimum atomic E-state index is -0.886. The molecule has 3 aromatic rings. The molecule has 0 bridgehead atoms. The molecule has 0 saturated heterocycles. The third-order valence-corrected chi connectivity index (χ3v) is 4.70. The van der Waals surface area contributed by atoms with E-state index in [0.717, 1.165) is 0 Å². The van der Waals surface area contributed by atoms with Crippen LogP contribution in [0.4, 0.5) is 5.69 Å². The van der Waals surface area contributed by atoms with Crippen LogP contribution in [0, 0.1) is 0 Å². The van der Waals surface area contributed by atoms with Crippen LogP contribution < -0.4 is 11.3 Å². The van der Waals surface area contributed by atoms with Crippen LogP contribution in [-0.4, -0.2) is 20.9 Å². The number of para-hydroxylation sites is 1. The smallest absolute Gasteiger partial charge is 0.359 e. The second-order valence-corrected chi connectivity index (χ2v) is 6.42. The Bertz CT molecular complexity index is 1080. The summed E-state index contributed by atoms with van der Waals surface area (Å²) in [6, 6.07) is 6.80. The first-order chi connectivity index (χ1) is 12.3. The van der Waals surface area contributed by atoms with Crippen molar-refractivity contribution in [2.24, 2.45) is 0 Å². The van der Waals surface area contributed by atoms with Gasteiger partial charge in [0.05, 0.1) is 21.6 Å². The number of nitrogens with zero attached hydrogens (tertiary/aromatic N) is 2. The number of rotatable bonds is 3. The van der Waals surface area contributed by atoms with Crippen molar-refractivity contribution >= 4 is 57.4 Å². The number of nitrogens with two attached hydrogens (primary N) is 1. The lowest BCUT2D eigenvalue weighted by molar-refractivity contribution is 0.0313. The van der Waals surface area contributed by atoms with Gasteiger partial charge in [-0.05, 0) is 19.1 Å². The minimum Gasteiger partial charge on any atom is -0.450 e. The van der Waals surface area contributed by atoms with Gasteiger partial charge in [-0.1, -0.05) is 46.9 Å². The average molecular weight is 414 g/mol. The molecular weight excluding hydrogens is 403 g/mol. The summed E-state index contributed by atoms with van der Waals surface area (Å²) in [6.07, 6.45) is -0.881. The number of aromatic amines is 1. The fraction of sp³-hybridized carbons (Fsp3) is 0.125. The molecule has 0 saturated carbocycles. The van der Waals surface area contributed by atoms with Gasteiger partial charge in [0.25, 0.3) is 5.56 Å². The largest absolute Gasteiger partial charge is 0.450 e. The topological polar surface area (TPSA) is 111 Å². The molecule has 7 nitrogen and oxygen atoms in total. The highest BCUT2D eigenvalue weighted by molar-refractivity contribution is 6.46. The normalized spacial score (nSPS) is 12.2. The van der Waals surface area contributed by atoms with E-state index in [1.165, 1.54) is 0 Å². The number of carbonyl (C=O) groups excluding carboxylic acids is 1. The molecule has 0 unspecified atom stereocenters. The fourth-order valence-corrected chi connectivity index (χ4v) is 2.82. The maximum atomic E-state index is 12.4. The monoisotopic (exact) mass is 412 g/mol. The third-order valence-electron chi connectivity index (χ3n) is 3.57. The molecule has 10 heteroatoms. The van der Waals surface area contributed by atoms with E-state index in [1.54, 1.807) is 31.2 Å². The molecule has 134 valence electrons. The first-order valence-electron chi connectivity index (χ1n) is 7.29. The number of aromatic nitrogens is 3. The van der Waals surface area contributed by atoms with Gasteiger partial charge in [-0.2, -0.15) is 0 Å². The van der Waals surface area contributed by atoms with E-state index in [4.69, 9.17) is 45.3 Å². The van der Waals surface area contributed by atoms with E-state index in [0.29, 0.717) is 10.9 Å². The van der Waals surface area contributed by atoms with Crippen molar-refractivity contribution in [3.63, 3.8) is 0 Å². The Morgan fingerprint density at radius 3 is 2.62 bits per heavy atom. The van der Waals surface area contributed by atoms with Crippen LogP contribution in [0.25, 0.3) is 10.9 Å². The van der Waals surface area contributed by atoms with Gasteiger partial charge in [0.15, 0.2) is 22.8 Å². The number of pyridine rings is 1. The summed E-state index contributed by atoms with van der Waals surface area (Å²) < 4.78 is 5.28. The third kappa shape index (κ3) is 3.33. The van der Waals surface area contributed by atoms with Gasteiger partial charge in [-0.15, -0.1) is 0 Å². The van der Waals surface area contributed by atoms with E-state index in [-0.39, 0.29) is 38.0 Å². The highest BCUT2D eigenvalue weighted by Crippen LogP contribution is 2.35. The average Bonchev–Trinajstić information content (AvgIpc) is 2.62. The summed E-state index contributed by atoms with van der Waals surface area (Å²) in [5.74, 6) is -0.713. The molecule has 0 spiro atoms. The molecule has 0 fully saturated rings. The lowest BCUT2D eigenvalue weighted by Gasteiger charge is -2.14. The molecule has 0 aliphatic carbocycles. The number of anilines is 1. The minimum absolute atomic E-state index is 0.0539. The predicted molar refractivity (Wildman–Crippen MR) is 99.9 cm³/mol. The predicted octanol–water partition coefficient (Wildman–Crippen LogP) is 3.78. The number of hydrogen-bond donors (Lipinski definition) is 2. The maximum absolute atomic E-state index is 12.4. The zero-order valence-corrected chi connectivity index (χ0v) is 15.5. The lowest BCUT2D eigenvalue weighted by Crippen LogP contribution is -2.18. The first kappa shape index (κ1) is 18.4. The number of nitrogen functional groups attached to an aromatic ring is 1. The second-order valence-electron chi connectivity index (χ2n) is 5.31. The van der Waals surface area contributed by atoms with Crippen molar-refractivity contribution in [2.45, 2.75) is 13.0 Å². The number of fused-ring (bicyclic) bond motifs is 1. The van der Waals surface area contributed by atoms with E-state index in [1.807, 2.05) is 0 Å². The molecule has 0 aliphatic rings. The molecule has 1 atom stereocenters. The molecule has 2 heterocycles. The van der Waals surface area contributed by atoms with Crippen LogP contribution in [0.15, 0.2) is 29.1 Å². The molecule has 2 aromatic heterocycles. The van der Waals surface area contributed by atoms with Crippen molar-refractivity contribution in [3.8, 4) is 0 Å². The number of benzene rings is 1. The number of esters is 1. The van der Waals surface area contributed by atoms with Crippen LogP contribution in [-0.2, 0) is 4.74 Å². The summed E-state index contributed by atoms with van der Waals surface area (Å²) >= 11 is 17.6. The van der Waals surface area contributed by atoms with E-state index < -0.39 is 12.1 Å². The Balaban J connectivity index is 1.92. The summed E-state index contributed by atoms with van der Waals surface area (Å²) in [6.45, 7) is 1.54. The van der Waals surface area contributed by atoms with Gasteiger partial charge >= 0.3 is 5.97 Å². The fourth-order valence-electron chi connectivity index (χ4n) is 2.24. The zero-order valence-electron chi connectivity index (χ0n) is 13.2. The summed E-state index contributed by atoms with van der Waals surface area (Å²) in [7, 11) is 0. The number of halogens is 3. The van der Waals surface area contributed by atoms with Gasteiger partial charge in [0.2, 0.25) is 0 Å². The summed E-state index contributed by atoms with van der Waals surface area (Å²) in [5, 5.41) is 0.0282. The van der Waals surface area contributed by atoms with E-state index in [2.05, 4.69) is 15.0 Å². The molecule has 0 aliphatic heterocycles. The van der Waals surface area contributed by atoms with Gasteiger partial charge in [-0.25, -0.2) is 14.8 Å². The Labute approximate surface area is 162 Å². The number of hydrogen-bond acceptors (Lipinski definition) is 6. The van der Waals surface area contributed by atoms with Gasteiger partial charge in [0.1, 0.15) is 5.02 Å². The van der Waals surface area contributed by atoms with Crippen molar-refractivity contribution < 1.29 is 9.53 Å². The number of H-pyrrole nitrogens is 1. The van der Waals surface area contributed by atoms with Gasteiger partial charge in [-0.3, -0.25) is 4.79 Å². The molecule has 0 amide bonds. The van der Waals surface area contributed by atoms with Crippen molar-refractivity contribution in [1.82, 2.24) is 15.0 Å². The molecule has 26 heavy (non-hydrogen) atoms. The highest BCUT2D eigenvalue weighted by Gasteiger charge is 2.24. The number of nitrogens with one attached hydrogen (secondary N) is 1. The Kier molecular flexibility index (Phi) is 5.04. The molecular formula is C16H11Cl3N4O3. The van der Waals surface area contributed by atoms with Crippen LogP contribution in [0.1, 0.15) is 29.3 Å². The van der Waals surface area contributed by atoms with Crippen LogP contribution >= 0.6 is 34.8 Å².